The monoisotopic (exact) mass is 289 g/mol. The number of H-pyrrole nitrogens is 1. The molecule has 1 amide bonds. The Labute approximate surface area is 120 Å². The Morgan fingerprint density at radius 2 is 2.19 bits per heavy atom. The largest absolute Gasteiger partial charge is 0.452 e. The normalized spacial score (nSPS) is 16.2. The van der Waals surface area contributed by atoms with Crippen LogP contribution in [-0.2, 0) is 14.3 Å². The van der Waals surface area contributed by atoms with Crippen molar-refractivity contribution in [1.29, 1.82) is 0 Å². The van der Waals surface area contributed by atoms with Gasteiger partial charge in [-0.2, -0.15) is 0 Å². The second kappa shape index (κ2) is 5.47. The van der Waals surface area contributed by atoms with E-state index >= 15 is 0 Å². The summed E-state index contributed by atoms with van der Waals surface area (Å²) in [6.07, 6.45) is 4.63. The molecule has 8 heteroatoms. The number of aromatic amines is 1. The number of ether oxygens (including phenoxy) is 1. The highest BCUT2D eigenvalue weighted by Gasteiger charge is 2.29. The van der Waals surface area contributed by atoms with Gasteiger partial charge in [-0.1, -0.05) is 6.42 Å². The molecular weight excluding hydrogens is 274 g/mol. The molecule has 0 aromatic carbocycles. The molecular formula is C13H15N5O3. The predicted octanol–water partition coefficient (Wildman–Crippen LogP) is 1.02. The number of imidazole rings is 1. The average molecular weight is 289 g/mol. The number of amides is 1. The Bertz CT molecular complexity index is 679. The van der Waals surface area contributed by atoms with E-state index in [1.165, 1.54) is 19.6 Å². The van der Waals surface area contributed by atoms with Crippen LogP contribution in [0.5, 0.6) is 0 Å². The van der Waals surface area contributed by atoms with Crippen LogP contribution in [0.1, 0.15) is 26.2 Å². The topological polar surface area (TPSA) is 110 Å². The molecule has 8 nitrogen and oxygen atoms in total. The van der Waals surface area contributed by atoms with Gasteiger partial charge in [-0.3, -0.25) is 9.59 Å². The number of hydrogen-bond acceptors (Lipinski definition) is 6. The average Bonchev–Trinajstić information content (AvgIpc) is 2.85. The third kappa shape index (κ3) is 2.69. The lowest BCUT2D eigenvalue weighted by molar-refractivity contribution is -0.159. The SMILES string of the molecule is C[C@H](OC(=O)C1CCC1)C(=O)Nc1ncnc2nc[nH]c12. The van der Waals surface area contributed by atoms with Gasteiger partial charge < -0.3 is 15.0 Å². The quantitative estimate of drug-likeness (QED) is 0.813. The Hall–Kier alpha value is -2.51. The smallest absolute Gasteiger partial charge is 0.309 e. The molecule has 1 saturated carbocycles. The third-order valence-corrected chi connectivity index (χ3v) is 3.57. The summed E-state index contributed by atoms with van der Waals surface area (Å²) in [5.74, 6) is -0.483. The Morgan fingerprint density at radius 3 is 2.90 bits per heavy atom. The van der Waals surface area contributed by atoms with Crippen molar-refractivity contribution >= 4 is 28.9 Å². The van der Waals surface area contributed by atoms with E-state index in [4.69, 9.17) is 4.74 Å². The lowest BCUT2D eigenvalue weighted by Crippen LogP contribution is -2.34. The molecule has 3 rings (SSSR count). The van der Waals surface area contributed by atoms with Crippen molar-refractivity contribution in [1.82, 2.24) is 19.9 Å². The highest BCUT2D eigenvalue weighted by Crippen LogP contribution is 2.27. The van der Waals surface area contributed by atoms with Crippen LogP contribution in [0.15, 0.2) is 12.7 Å². The maximum absolute atomic E-state index is 12.1. The van der Waals surface area contributed by atoms with Crippen LogP contribution in [-0.4, -0.2) is 37.9 Å². The van der Waals surface area contributed by atoms with Crippen molar-refractivity contribution in [2.75, 3.05) is 5.32 Å². The number of carbonyl (C=O) groups is 2. The van der Waals surface area contributed by atoms with Gasteiger partial charge in [0.15, 0.2) is 17.6 Å². The van der Waals surface area contributed by atoms with E-state index in [0.717, 1.165) is 19.3 Å². The molecule has 0 bridgehead atoms. The molecule has 1 atom stereocenters. The molecule has 0 unspecified atom stereocenters. The van der Waals surface area contributed by atoms with E-state index in [0.29, 0.717) is 17.0 Å². The summed E-state index contributed by atoms with van der Waals surface area (Å²) in [5, 5.41) is 2.61. The molecule has 110 valence electrons. The molecule has 0 spiro atoms. The van der Waals surface area contributed by atoms with E-state index in [9.17, 15) is 9.59 Å². The Balaban J connectivity index is 1.65. The molecule has 21 heavy (non-hydrogen) atoms. The van der Waals surface area contributed by atoms with Gasteiger partial charge in [0.05, 0.1) is 12.2 Å². The number of esters is 1. The van der Waals surface area contributed by atoms with Crippen LogP contribution in [0.25, 0.3) is 11.2 Å². The van der Waals surface area contributed by atoms with E-state index in [2.05, 4.69) is 25.3 Å². The van der Waals surface area contributed by atoms with Crippen LogP contribution >= 0.6 is 0 Å². The second-order valence-corrected chi connectivity index (χ2v) is 5.02. The second-order valence-electron chi connectivity index (χ2n) is 5.02. The number of nitrogens with one attached hydrogen (secondary N) is 2. The summed E-state index contributed by atoms with van der Waals surface area (Å²) in [7, 11) is 0. The van der Waals surface area contributed by atoms with E-state index < -0.39 is 12.0 Å². The first-order valence-corrected chi connectivity index (χ1v) is 6.80. The molecule has 0 radical (unpaired) electrons. The number of carbonyl (C=O) groups excluding carboxylic acids is 2. The van der Waals surface area contributed by atoms with Crippen LogP contribution < -0.4 is 5.32 Å². The minimum atomic E-state index is -0.869. The first-order valence-electron chi connectivity index (χ1n) is 6.80. The summed E-state index contributed by atoms with van der Waals surface area (Å²) >= 11 is 0. The lowest BCUT2D eigenvalue weighted by Gasteiger charge is -2.24. The van der Waals surface area contributed by atoms with Gasteiger partial charge in [-0.25, -0.2) is 15.0 Å². The van der Waals surface area contributed by atoms with Crippen LogP contribution in [0, 0.1) is 5.92 Å². The molecule has 2 heterocycles. The maximum Gasteiger partial charge on any atom is 0.309 e. The van der Waals surface area contributed by atoms with E-state index in [-0.39, 0.29) is 11.9 Å². The third-order valence-electron chi connectivity index (χ3n) is 3.57. The van der Waals surface area contributed by atoms with Crippen molar-refractivity contribution in [2.24, 2.45) is 5.92 Å². The summed E-state index contributed by atoms with van der Waals surface area (Å²) < 4.78 is 5.16. The number of anilines is 1. The molecule has 0 saturated heterocycles. The first-order chi connectivity index (χ1) is 10.1. The Morgan fingerprint density at radius 1 is 1.38 bits per heavy atom. The summed E-state index contributed by atoms with van der Waals surface area (Å²) in [5.41, 5.74) is 0.989. The van der Waals surface area contributed by atoms with Gasteiger partial charge in [0.25, 0.3) is 5.91 Å². The molecule has 2 aromatic rings. The molecule has 2 N–H and O–H groups in total. The van der Waals surface area contributed by atoms with Crippen molar-refractivity contribution in [2.45, 2.75) is 32.3 Å². The van der Waals surface area contributed by atoms with E-state index in [1.807, 2.05) is 0 Å². The molecule has 1 aliphatic rings. The van der Waals surface area contributed by atoms with Crippen molar-refractivity contribution < 1.29 is 14.3 Å². The maximum atomic E-state index is 12.1. The lowest BCUT2D eigenvalue weighted by atomic mass is 9.86. The van der Waals surface area contributed by atoms with Crippen molar-refractivity contribution in [3.63, 3.8) is 0 Å². The summed E-state index contributed by atoms with van der Waals surface area (Å²) in [4.78, 5) is 38.6. The van der Waals surface area contributed by atoms with Gasteiger partial charge in [-0.15, -0.1) is 0 Å². The Kier molecular flexibility index (Phi) is 3.51. The van der Waals surface area contributed by atoms with Gasteiger partial charge in [0.1, 0.15) is 11.8 Å². The molecule has 1 aliphatic carbocycles. The van der Waals surface area contributed by atoms with Crippen LogP contribution in [0.3, 0.4) is 0 Å². The zero-order valence-corrected chi connectivity index (χ0v) is 11.5. The van der Waals surface area contributed by atoms with Gasteiger partial charge in [-0.05, 0) is 19.8 Å². The fourth-order valence-electron chi connectivity index (χ4n) is 2.05. The number of hydrogen-bond donors (Lipinski definition) is 2. The van der Waals surface area contributed by atoms with Crippen LogP contribution in [0.4, 0.5) is 5.82 Å². The van der Waals surface area contributed by atoms with Crippen molar-refractivity contribution in [3.05, 3.63) is 12.7 Å². The molecule has 0 aliphatic heterocycles. The standard InChI is InChI=1S/C13H15N5O3/c1-7(21-13(20)8-3-2-4-8)12(19)18-11-9-10(15-5-14-9)16-6-17-11/h5-8H,2-4H2,1H3,(H2,14,15,16,17,18,19)/t7-/m0/s1. The fourth-order valence-corrected chi connectivity index (χ4v) is 2.05. The van der Waals surface area contributed by atoms with Gasteiger partial charge in [0, 0.05) is 0 Å². The number of nitrogens with zero attached hydrogens (tertiary/aromatic N) is 3. The van der Waals surface area contributed by atoms with Gasteiger partial charge >= 0.3 is 5.97 Å². The van der Waals surface area contributed by atoms with Crippen LogP contribution in [0.2, 0.25) is 0 Å². The zero-order chi connectivity index (χ0) is 14.8. The molecule has 1 fully saturated rings. The minimum Gasteiger partial charge on any atom is -0.452 e. The number of rotatable bonds is 4. The summed E-state index contributed by atoms with van der Waals surface area (Å²) in [6.45, 7) is 1.54. The summed E-state index contributed by atoms with van der Waals surface area (Å²) in [6, 6.07) is 0. The van der Waals surface area contributed by atoms with E-state index in [1.54, 1.807) is 0 Å². The number of fused-ring (bicyclic) bond motifs is 1. The molecule has 2 aromatic heterocycles. The number of aromatic nitrogens is 4. The van der Waals surface area contributed by atoms with Crippen molar-refractivity contribution in [3.8, 4) is 0 Å². The zero-order valence-electron chi connectivity index (χ0n) is 11.5. The van der Waals surface area contributed by atoms with Gasteiger partial charge in [0.2, 0.25) is 0 Å². The first kappa shape index (κ1) is 13.5. The minimum absolute atomic E-state index is 0.0568. The predicted molar refractivity (Wildman–Crippen MR) is 73.2 cm³/mol. The highest BCUT2D eigenvalue weighted by molar-refractivity contribution is 5.99. The fraction of sp³-hybridized carbons (Fsp3) is 0.462. The highest BCUT2D eigenvalue weighted by atomic mass is 16.5.